The third kappa shape index (κ3) is 4.19. The number of hydrogen-bond donors (Lipinski definition) is 1. The molecule has 4 rings (SSSR count). The fraction of sp³-hybridized carbons (Fsp3) is 0.391. The van der Waals surface area contributed by atoms with Crippen molar-refractivity contribution >= 4 is 11.8 Å². The molecule has 1 spiro atoms. The summed E-state index contributed by atoms with van der Waals surface area (Å²) in [7, 11) is 0. The van der Waals surface area contributed by atoms with Crippen LogP contribution in [-0.4, -0.2) is 36.4 Å². The van der Waals surface area contributed by atoms with Gasteiger partial charge in [-0.05, 0) is 42.4 Å². The monoisotopic (exact) mass is 378 g/mol. The van der Waals surface area contributed by atoms with E-state index in [2.05, 4.69) is 5.32 Å². The van der Waals surface area contributed by atoms with Gasteiger partial charge < -0.3 is 15.0 Å². The highest BCUT2D eigenvalue weighted by atomic mass is 16.5. The number of amides is 2. The van der Waals surface area contributed by atoms with Crippen LogP contribution in [-0.2, 0) is 16.1 Å². The van der Waals surface area contributed by atoms with E-state index in [0.717, 1.165) is 24.8 Å². The SMILES string of the molecule is O=C(NCc1ccccc1)[C@@H]1CC12CCN(C(=O)COc1ccccc1)CC2. The average Bonchev–Trinajstić information content (AvgIpc) is 3.45. The van der Waals surface area contributed by atoms with Gasteiger partial charge in [-0.3, -0.25) is 9.59 Å². The van der Waals surface area contributed by atoms with E-state index in [4.69, 9.17) is 4.74 Å². The van der Waals surface area contributed by atoms with E-state index < -0.39 is 0 Å². The van der Waals surface area contributed by atoms with Gasteiger partial charge in [0.2, 0.25) is 5.91 Å². The zero-order chi connectivity index (χ0) is 19.4. The molecule has 1 atom stereocenters. The Morgan fingerprint density at radius 3 is 2.32 bits per heavy atom. The third-order valence-corrected chi connectivity index (χ3v) is 6.03. The molecule has 0 radical (unpaired) electrons. The number of benzene rings is 2. The Labute approximate surface area is 165 Å². The average molecular weight is 378 g/mol. The van der Waals surface area contributed by atoms with Crippen LogP contribution < -0.4 is 10.1 Å². The maximum absolute atomic E-state index is 12.5. The molecule has 2 aromatic rings. The molecule has 1 saturated heterocycles. The van der Waals surface area contributed by atoms with Crippen molar-refractivity contribution in [3.8, 4) is 5.75 Å². The molecule has 1 N–H and O–H groups in total. The van der Waals surface area contributed by atoms with Crippen LogP contribution in [0.4, 0.5) is 0 Å². The predicted octanol–water partition coefficient (Wildman–Crippen LogP) is 3.01. The molecule has 2 amide bonds. The number of carbonyl (C=O) groups is 2. The number of ether oxygens (including phenoxy) is 1. The van der Waals surface area contributed by atoms with Crippen molar-refractivity contribution in [3.63, 3.8) is 0 Å². The number of likely N-dealkylation sites (tertiary alicyclic amines) is 1. The lowest BCUT2D eigenvalue weighted by atomic mass is 9.90. The topological polar surface area (TPSA) is 58.6 Å². The van der Waals surface area contributed by atoms with E-state index in [1.165, 1.54) is 0 Å². The van der Waals surface area contributed by atoms with Crippen LogP contribution in [0.3, 0.4) is 0 Å². The fourth-order valence-electron chi connectivity index (χ4n) is 4.13. The van der Waals surface area contributed by atoms with Gasteiger partial charge in [-0.1, -0.05) is 48.5 Å². The first-order valence-electron chi connectivity index (χ1n) is 9.94. The van der Waals surface area contributed by atoms with Crippen LogP contribution in [0, 0.1) is 11.3 Å². The molecule has 2 aliphatic rings. The number of piperidine rings is 1. The van der Waals surface area contributed by atoms with E-state index in [-0.39, 0.29) is 29.8 Å². The molecule has 28 heavy (non-hydrogen) atoms. The van der Waals surface area contributed by atoms with Crippen LogP contribution in [0.5, 0.6) is 5.75 Å². The summed E-state index contributed by atoms with van der Waals surface area (Å²) >= 11 is 0. The quantitative estimate of drug-likeness (QED) is 0.841. The largest absolute Gasteiger partial charge is 0.484 e. The van der Waals surface area contributed by atoms with Gasteiger partial charge in [0.15, 0.2) is 6.61 Å². The van der Waals surface area contributed by atoms with Gasteiger partial charge in [0.1, 0.15) is 5.75 Å². The Hall–Kier alpha value is -2.82. The number of nitrogens with zero attached hydrogens (tertiary/aromatic N) is 1. The van der Waals surface area contributed by atoms with Gasteiger partial charge in [-0.2, -0.15) is 0 Å². The molecule has 0 bridgehead atoms. The summed E-state index contributed by atoms with van der Waals surface area (Å²) in [5.74, 6) is 0.969. The van der Waals surface area contributed by atoms with Crippen molar-refractivity contribution in [1.82, 2.24) is 10.2 Å². The van der Waals surface area contributed by atoms with E-state index in [0.29, 0.717) is 25.4 Å². The van der Waals surface area contributed by atoms with E-state index in [1.807, 2.05) is 65.6 Å². The molecule has 146 valence electrons. The number of carbonyl (C=O) groups excluding carboxylic acids is 2. The van der Waals surface area contributed by atoms with Crippen LogP contribution >= 0.6 is 0 Å². The van der Waals surface area contributed by atoms with Gasteiger partial charge in [-0.15, -0.1) is 0 Å². The Kier molecular flexibility index (Phi) is 5.33. The van der Waals surface area contributed by atoms with Gasteiger partial charge in [-0.25, -0.2) is 0 Å². The molecular formula is C23H26N2O3. The highest BCUT2D eigenvalue weighted by Crippen LogP contribution is 2.59. The molecule has 0 aromatic heterocycles. The molecule has 1 aliphatic heterocycles. The fourth-order valence-corrected chi connectivity index (χ4v) is 4.13. The maximum Gasteiger partial charge on any atom is 0.260 e. The van der Waals surface area contributed by atoms with Crippen molar-refractivity contribution in [3.05, 3.63) is 66.2 Å². The Morgan fingerprint density at radius 1 is 1.00 bits per heavy atom. The van der Waals surface area contributed by atoms with Gasteiger partial charge in [0.05, 0.1) is 0 Å². The second-order valence-electron chi connectivity index (χ2n) is 7.80. The highest BCUT2D eigenvalue weighted by Gasteiger charge is 2.58. The summed E-state index contributed by atoms with van der Waals surface area (Å²) in [4.78, 5) is 26.8. The van der Waals surface area contributed by atoms with E-state index in [1.54, 1.807) is 0 Å². The second-order valence-corrected chi connectivity index (χ2v) is 7.80. The Morgan fingerprint density at radius 2 is 1.64 bits per heavy atom. The standard InChI is InChI=1S/C23H26N2O3/c26-21(17-28-19-9-5-2-6-10-19)25-13-11-23(12-14-25)15-20(23)22(27)24-16-18-7-3-1-4-8-18/h1-10,20H,11-17H2,(H,24,27)/t20-/m0/s1. The lowest BCUT2D eigenvalue weighted by Crippen LogP contribution is -2.42. The van der Waals surface area contributed by atoms with Crippen molar-refractivity contribution < 1.29 is 14.3 Å². The molecule has 1 heterocycles. The summed E-state index contributed by atoms with van der Waals surface area (Å²) in [5, 5.41) is 3.07. The second kappa shape index (κ2) is 8.05. The normalized spacial score (nSPS) is 19.9. The number of hydrogen-bond acceptors (Lipinski definition) is 3. The number of nitrogens with one attached hydrogen (secondary N) is 1. The molecule has 2 aromatic carbocycles. The van der Waals surface area contributed by atoms with Crippen LogP contribution in [0.1, 0.15) is 24.8 Å². The summed E-state index contributed by atoms with van der Waals surface area (Å²) in [6.07, 6.45) is 2.73. The summed E-state index contributed by atoms with van der Waals surface area (Å²) < 4.78 is 5.57. The van der Waals surface area contributed by atoms with Crippen molar-refractivity contribution in [2.24, 2.45) is 11.3 Å². The van der Waals surface area contributed by atoms with Gasteiger partial charge in [0.25, 0.3) is 5.91 Å². The maximum atomic E-state index is 12.5. The highest BCUT2D eigenvalue weighted by molar-refractivity contribution is 5.83. The molecule has 5 heteroatoms. The van der Waals surface area contributed by atoms with E-state index >= 15 is 0 Å². The molecular weight excluding hydrogens is 352 g/mol. The van der Waals surface area contributed by atoms with Crippen molar-refractivity contribution in [1.29, 1.82) is 0 Å². The van der Waals surface area contributed by atoms with Crippen molar-refractivity contribution in [2.75, 3.05) is 19.7 Å². The minimum absolute atomic E-state index is 0.0180. The molecule has 2 fully saturated rings. The van der Waals surface area contributed by atoms with Crippen LogP contribution in [0.25, 0.3) is 0 Å². The third-order valence-electron chi connectivity index (χ3n) is 6.03. The Balaban J connectivity index is 1.21. The van der Waals surface area contributed by atoms with Crippen LogP contribution in [0.15, 0.2) is 60.7 Å². The zero-order valence-electron chi connectivity index (χ0n) is 16.0. The van der Waals surface area contributed by atoms with Crippen molar-refractivity contribution in [2.45, 2.75) is 25.8 Å². The first-order valence-corrected chi connectivity index (χ1v) is 9.94. The summed E-state index contributed by atoms with van der Waals surface area (Å²) in [6.45, 7) is 2.06. The van der Waals surface area contributed by atoms with Crippen LogP contribution in [0.2, 0.25) is 0 Å². The zero-order valence-corrected chi connectivity index (χ0v) is 16.0. The van der Waals surface area contributed by atoms with Gasteiger partial charge in [0, 0.05) is 25.6 Å². The minimum atomic E-state index is 0.0180. The van der Waals surface area contributed by atoms with Gasteiger partial charge >= 0.3 is 0 Å². The predicted molar refractivity (Wildman–Crippen MR) is 107 cm³/mol. The number of para-hydroxylation sites is 1. The lowest BCUT2D eigenvalue weighted by Gasteiger charge is -2.32. The first-order chi connectivity index (χ1) is 13.7. The Bertz CT molecular complexity index is 814. The molecule has 1 saturated carbocycles. The summed E-state index contributed by atoms with van der Waals surface area (Å²) in [6, 6.07) is 19.4. The molecule has 1 aliphatic carbocycles. The molecule has 0 unspecified atom stereocenters. The minimum Gasteiger partial charge on any atom is -0.484 e. The number of rotatable bonds is 6. The smallest absolute Gasteiger partial charge is 0.260 e. The molecule has 5 nitrogen and oxygen atoms in total. The lowest BCUT2D eigenvalue weighted by molar-refractivity contribution is -0.135. The van der Waals surface area contributed by atoms with E-state index in [9.17, 15) is 9.59 Å². The first kappa shape index (κ1) is 18.5. The summed E-state index contributed by atoms with van der Waals surface area (Å²) in [5.41, 5.74) is 1.21.